The summed E-state index contributed by atoms with van der Waals surface area (Å²) in [6.45, 7) is 1.87. The summed E-state index contributed by atoms with van der Waals surface area (Å²) in [7, 11) is 0. The maximum absolute atomic E-state index is 11.7. The Morgan fingerprint density at radius 2 is 2.18 bits per heavy atom. The molecular weight excluding hydrogens is 216 g/mol. The highest BCUT2D eigenvalue weighted by Gasteiger charge is 2.43. The first-order valence-electron chi connectivity index (χ1n) is 5.97. The maximum atomic E-state index is 11.7. The van der Waals surface area contributed by atoms with Crippen LogP contribution < -0.4 is 5.73 Å². The summed E-state index contributed by atoms with van der Waals surface area (Å²) >= 11 is 0. The number of carboxylic acid groups (broad SMARTS) is 1. The number of pyridine rings is 1. The lowest BCUT2D eigenvalue weighted by atomic mass is 9.68. The zero-order valence-electron chi connectivity index (χ0n) is 10.0. The molecule has 0 atom stereocenters. The lowest BCUT2D eigenvalue weighted by molar-refractivity contribution is -0.145. The predicted octanol–water partition coefficient (Wildman–Crippen LogP) is 1.61. The topological polar surface area (TPSA) is 76.2 Å². The molecule has 1 aromatic rings. The van der Waals surface area contributed by atoms with Gasteiger partial charge in [0, 0.05) is 17.9 Å². The van der Waals surface area contributed by atoms with Gasteiger partial charge in [-0.05, 0) is 44.2 Å². The van der Waals surface area contributed by atoms with Crippen LogP contribution in [0.25, 0.3) is 0 Å². The van der Waals surface area contributed by atoms with E-state index in [1.807, 2.05) is 19.1 Å². The molecule has 0 saturated heterocycles. The minimum atomic E-state index is -0.784. The van der Waals surface area contributed by atoms with Crippen LogP contribution >= 0.6 is 0 Å². The number of rotatable bonds is 2. The largest absolute Gasteiger partial charge is 0.481 e. The minimum absolute atomic E-state index is 0.138. The molecule has 17 heavy (non-hydrogen) atoms. The van der Waals surface area contributed by atoms with Crippen molar-refractivity contribution in [1.29, 1.82) is 0 Å². The van der Waals surface area contributed by atoms with E-state index in [1.54, 1.807) is 6.20 Å². The number of carbonyl (C=O) groups is 1. The predicted molar refractivity (Wildman–Crippen MR) is 64.7 cm³/mol. The van der Waals surface area contributed by atoms with Crippen LogP contribution in [0.4, 0.5) is 0 Å². The summed E-state index contributed by atoms with van der Waals surface area (Å²) in [6, 6.07) is 3.83. The van der Waals surface area contributed by atoms with E-state index in [9.17, 15) is 9.90 Å². The molecule has 0 unspecified atom stereocenters. The van der Waals surface area contributed by atoms with E-state index in [0.717, 1.165) is 24.1 Å². The van der Waals surface area contributed by atoms with Gasteiger partial charge in [0.1, 0.15) is 0 Å². The molecule has 4 nitrogen and oxygen atoms in total. The van der Waals surface area contributed by atoms with Crippen molar-refractivity contribution in [3.05, 3.63) is 29.6 Å². The normalized spacial score (nSPS) is 28.9. The van der Waals surface area contributed by atoms with E-state index in [0.29, 0.717) is 12.8 Å². The molecule has 0 radical (unpaired) electrons. The van der Waals surface area contributed by atoms with Gasteiger partial charge in [-0.25, -0.2) is 0 Å². The summed E-state index contributed by atoms with van der Waals surface area (Å²) in [5, 5.41) is 9.58. The molecule has 1 aliphatic rings. The third-order valence-electron chi connectivity index (χ3n) is 3.82. The Balaban J connectivity index is 2.42. The second kappa shape index (κ2) is 4.45. The molecule has 2 rings (SSSR count). The van der Waals surface area contributed by atoms with Gasteiger partial charge in [-0.15, -0.1) is 0 Å². The average Bonchev–Trinajstić information content (AvgIpc) is 2.31. The molecule has 4 heteroatoms. The third kappa shape index (κ3) is 2.05. The maximum Gasteiger partial charge on any atom is 0.314 e. The fourth-order valence-corrected chi connectivity index (χ4v) is 2.72. The Morgan fingerprint density at radius 3 is 2.71 bits per heavy atom. The first-order chi connectivity index (χ1) is 8.06. The first kappa shape index (κ1) is 12.0. The van der Waals surface area contributed by atoms with Gasteiger partial charge in [0.15, 0.2) is 0 Å². The monoisotopic (exact) mass is 234 g/mol. The van der Waals surface area contributed by atoms with Crippen molar-refractivity contribution in [1.82, 2.24) is 4.98 Å². The first-order valence-corrected chi connectivity index (χ1v) is 5.97. The molecule has 0 spiro atoms. The molecular formula is C13H18N2O2. The highest BCUT2D eigenvalue weighted by atomic mass is 16.4. The number of hydrogen-bond acceptors (Lipinski definition) is 3. The molecule has 1 aliphatic carbocycles. The third-order valence-corrected chi connectivity index (χ3v) is 3.82. The van der Waals surface area contributed by atoms with Crippen molar-refractivity contribution in [3.63, 3.8) is 0 Å². The lowest BCUT2D eigenvalue weighted by Gasteiger charge is -2.36. The van der Waals surface area contributed by atoms with Crippen molar-refractivity contribution in [2.24, 2.45) is 5.73 Å². The van der Waals surface area contributed by atoms with Gasteiger partial charge < -0.3 is 10.8 Å². The van der Waals surface area contributed by atoms with Crippen LogP contribution in [-0.2, 0) is 10.2 Å². The van der Waals surface area contributed by atoms with Gasteiger partial charge in [0.05, 0.1) is 5.41 Å². The van der Waals surface area contributed by atoms with Gasteiger partial charge in [0.25, 0.3) is 0 Å². The Bertz CT molecular complexity index is 423. The van der Waals surface area contributed by atoms with E-state index in [-0.39, 0.29) is 6.04 Å². The van der Waals surface area contributed by atoms with Crippen LogP contribution in [0.1, 0.15) is 36.9 Å². The second-order valence-corrected chi connectivity index (χ2v) is 4.86. The van der Waals surface area contributed by atoms with Gasteiger partial charge in [-0.1, -0.05) is 6.07 Å². The quantitative estimate of drug-likeness (QED) is 0.815. The summed E-state index contributed by atoms with van der Waals surface area (Å²) in [4.78, 5) is 15.9. The van der Waals surface area contributed by atoms with Crippen molar-refractivity contribution in [3.8, 4) is 0 Å². The van der Waals surface area contributed by atoms with Gasteiger partial charge in [-0.2, -0.15) is 0 Å². The lowest BCUT2D eigenvalue weighted by Crippen LogP contribution is -2.43. The number of aromatic nitrogens is 1. The average molecular weight is 234 g/mol. The minimum Gasteiger partial charge on any atom is -0.481 e. The number of carboxylic acids is 1. The summed E-state index contributed by atoms with van der Waals surface area (Å²) in [5.74, 6) is -0.750. The van der Waals surface area contributed by atoms with E-state index in [2.05, 4.69) is 4.98 Å². The highest BCUT2D eigenvalue weighted by molar-refractivity contribution is 5.82. The SMILES string of the molecule is Cc1ncccc1C1(C(=O)O)CCC(N)CC1. The van der Waals surface area contributed by atoms with Crippen LogP contribution in [0.2, 0.25) is 0 Å². The van der Waals surface area contributed by atoms with Crippen LogP contribution in [0.15, 0.2) is 18.3 Å². The number of hydrogen-bond donors (Lipinski definition) is 2. The molecule has 3 N–H and O–H groups in total. The van der Waals surface area contributed by atoms with E-state index in [1.165, 1.54) is 0 Å². The molecule has 0 bridgehead atoms. The Morgan fingerprint density at radius 1 is 1.53 bits per heavy atom. The van der Waals surface area contributed by atoms with Gasteiger partial charge in [0.2, 0.25) is 0 Å². The van der Waals surface area contributed by atoms with Crippen LogP contribution in [0.3, 0.4) is 0 Å². The molecule has 0 amide bonds. The standard InChI is InChI=1S/C13H18N2O2/c1-9-11(3-2-8-15-9)13(12(16)17)6-4-10(14)5-7-13/h2-3,8,10H,4-7,14H2,1H3,(H,16,17). The Kier molecular flexibility index (Phi) is 3.15. The van der Waals surface area contributed by atoms with Crippen LogP contribution in [0, 0.1) is 6.92 Å². The molecule has 1 fully saturated rings. The Hall–Kier alpha value is -1.42. The molecule has 1 aromatic heterocycles. The molecule has 92 valence electrons. The fourth-order valence-electron chi connectivity index (χ4n) is 2.72. The van der Waals surface area contributed by atoms with Crippen molar-refractivity contribution in [2.75, 3.05) is 0 Å². The molecule has 0 aromatic carbocycles. The molecule has 1 saturated carbocycles. The second-order valence-electron chi connectivity index (χ2n) is 4.86. The fraction of sp³-hybridized carbons (Fsp3) is 0.538. The van der Waals surface area contributed by atoms with Gasteiger partial charge in [-0.3, -0.25) is 9.78 Å². The van der Waals surface area contributed by atoms with Crippen LogP contribution in [0.5, 0.6) is 0 Å². The van der Waals surface area contributed by atoms with Crippen LogP contribution in [-0.4, -0.2) is 22.1 Å². The molecule has 1 heterocycles. The van der Waals surface area contributed by atoms with Gasteiger partial charge >= 0.3 is 5.97 Å². The molecule has 0 aliphatic heterocycles. The Labute approximate surface area is 101 Å². The van der Waals surface area contributed by atoms with E-state index >= 15 is 0 Å². The van der Waals surface area contributed by atoms with Crippen molar-refractivity contribution < 1.29 is 9.90 Å². The summed E-state index contributed by atoms with van der Waals surface area (Å²) in [6.07, 6.45) is 4.44. The number of nitrogens with two attached hydrogens (primary N) is 1. The van der Waals surface area contributed by atoms with E-state index < -0.39 is 11.4 Å². The zero-order valence-corrected chi connectivity index (χ0v) is 10.0. The number of nitrogens with zero attached hydrogens (tertiary/aromatic N) is 1. The smallest absolute Gasteiger partial charge is 0.314 e. The van der Waals surface area contributed by atoms with Crippen molar-refractivity contribution in [2.45, 2.75) is 44.1 Å². The summed E-state index contributed by atoms with van der Waals surface area (Å²) < 4.78 is 0. The number of aliphatic carboxylic acids is 1. The van der Waals surface area contributed by atoms with Crippen molar-refractivity contribution >= 4 is 5.97 Å². The summed E-state index contributed by atoms with van der Waals surface area (Å²) in [5.41, 5.74) is 6.74. The van der Waals surface area contributed by atoms with E-state index in [4.69, 9.17) is 5.73 Å². The highest BCUT2D eigenvalue weighted by Crippen LogP contribution is 2.40. The zero-order chi connectivity index (χ0) is 12.5. The number of aryl methyl sites for hydroxylation is 1.